The van der Waals surface area contributed by atoms with Crippen molar-refractivity contribution >= 4 is 6.03 Å². The first-order chi connectivity index (χ1) is 10.1. The van der Waals surface area contributed by atoms with Gasteiger partial charge in [-0.25, -0.2) is 4.79 Å². The summed E-state index contributed by atoms with van der Waals surface area (Å²) in [6.07, 6.45) is 3.38. The molecule has 1 aromatic carbocycles. The van der Waals surface area contributed by atoms with Gasteiger partial charge in [0, 0.05) is 25.2 Å². The number of methoxy groups -OCH3 is 2. The first-order valence-electron chi connectivity index (χ1n) is 7.40. The molecule has 0 aliphatic carbocycles. The number of rotatable bonds is 4. The fourth-order valence-corrected chi connectivity index (χ4v) is 2.65. The van der Waals surface area contributed by atoms with E-state index in [1.165, 1.54) is 6.42 Å². The first kappa shape index (κ1) is 15.5. The van der Waals surface area contributed by atoms with Crippen molar-refractivity contribution in [3.63, 3.8) is 0 Å². The number of ether oxygens (including phenoxy) is 2. The molecule has 116 valence electrons. The lowest BCUT2D eigenvalue weighted by atomic mass is 10.0. The van der Waals surface area contributed by atoms with Gasteiger partial charge < -0.3 is 19.7 Å². The van der Waals surface area contributed by atoms with Crippen molar-refractivity contribution in [2.45, 2.75) is 38.8 Å². The molecule has 0 saturated carbocycles. The number of amides is 2. The van der Waals surface area contributed by atoms with Gasteiger partial charge in [0.2, 0.25) is 0 Å². The van der Waals surface area contributed by atoms with Crippen LogP contribution < -0.4 is 14.8 Å². The maximum atomic E-state index is 12.2. The Bertz CT molecular complexity index is 468. The number of hydrogen-bond acceptors (Lipinski definition) is 3. The molecule has 0 radical (unpaired) electrons. The molecule has 5 heteroatoms. The van der Waals surface area contributed by atoms with E-state index in [0.717, 1.165) is 36.4 Å². The Hall–Kier alpha value is -1.91. The van der Waals surface area contributed by atoms with E-state index in [2.05, 4.69) is 12.2 Å². The van der Waals surface area contributed by atoms with Gasteiger partial charge in [-0.15, -0.1) is 0 Å². The van der Waals surface area contributed by atoms with Crippen molar-refractivity contribution in [3.8, 4) is 11.5 Å². The summed E-state index contributed by atoms with van der Waals surface area (Å²) in [7, 11) is 3.24. The summed E-state index contributed by atoms with van der Waals surface area (Å²) in [4.78, 5) is 14.2. The van der Waals surface area contributed by atoms with E-state index in [1.807, 2.05) is 23.1 Å². The smallest absolute Gasteiger partial charge is 0.317 e. The van der Waals surface area contributed by atoms with E-state index < -0.39 is 0 Å². The minimum atomic E-state index is 0.00369. The zero-order valence-electron chi connectivity index (χ0n) is 13.0. The van der Waals surface area contributed by atoms with Crippen LogP contribution >= 0.6 is 0 Å². The highest BCUT2D eigenvalue weighted by Gasteiger charge is 2.22. The van der Waals surface area contributed by atoms with Crippen LogP contribution in [-0.2, 0) is 6.54 Å². The molecule has 21 heavy (non-hydrogen) atoms. The number of urea groups is 1. The largest absolute Gasteiger partial charge is 0.497 e. The highest BCUT2D eigenvalue weighted by atomic mass is 16.5. The molecule has 1 heterocycles. The standard InChI is InChI=1S/C16H24N2O3/c1-12-6-4-5-7-18(12)16(19)17-11-13-8-14(20-2)10-15(9-13)21-3/h8-10,12H,4-7,11H2,1-3H3,(H,17,19). The van der Waals surface area contributed by atoms with Gasteiger partial charge in [0.1, 0.15) is 11.5 Å². The Kier molecular flexibility index (Phi) is 5.31. The van der Waals surface area contributed by atoms with Crippen molar-refractivity contribution < 1.29 is 14.3 Å². The molecule has 2 rings (SSSR count). The second kappa shape index (κ2) is 7.20. The summed E-state index contributed by atoms with van der Waals surface area (Å²) >= 11 is 0. The van der Waals surface area contributed by atoms with Gasteiger partial charge in [-0.2, -0.15) is 0 Å². The third kappa shape index (κ3) is 4.03. The van der Waals surface area contributed by atoms with Crippen LogP contribution in [0.25, 0.3) is 0 Å². The van der Waals surface area contributed by atoms with E-state index in [-0.39, 0.29) is 6.03 Å². The molecular weight excluding hydrogens is 268 g/mol. The van der Waals surface area contributed by atoms with Gasteiger partial charge in [0.05, 0.1) is 14.2 Å². The van der Waals surface area contributed by atoms with E-state index in [9.17, 15) is 4.79 Å². The lowest BCUT2D eigenvalue weighted by Gasteiger charge is -2.33. The first-order valence-corrected chi connectivity index (χ1v) is 7.40. The molecule has 1 saturated heterocycles. The third-order valence-electron chi connectivity index (χ3n) is 3.92. The number of piperidine rings is 1. The molecule has 5 nitrogen and oxygen atoms in total. The fourth-order valence-electron chi connectivity index (χ4n) is 2.65. The lowest BCUT2D eigenvalue weighted by Crippen LogP contribution is -2.47. The molecular formula is C16H24N2O3. The Morgan fingerprint density at radius 1 is 1.24 bits per heavy atom. The monoisotopic (exact) mass is 292 g/mol. The minimum absolute atomic E-state index is 0.00369. The quantitative estimate of drug-likeness (QED) is 0.928. The van der Waals surface area contributed by atoms with Gasteiger partial charge in [-0.05, 0) is 43.9 Å². The van der Waals surface area contributed by atoms with Crippen LogP contribution in [0.1, 0.15) is 31.7 Å². The molecule has 0 aromatic heterocycles. The molecule has 1 aromatic rings. The topological polar surface area (TPSA) is 50.8 Å². The normalized spacial score (nSPS) is 18.2. The average molecular weight is 292 g/mol. The summed E-state index contributed by atoms with van der Waals surface area (Å²) in [5, 5.41) is 2.98. The number of nitrogens with zero attached hydrogens (tertiary/aromatic N) is 1. The molecule has 1 N–H and O–H groups in total. The molecule has 0 spiro atoms. The van der Waals surface area contributed by atoms with E-state index in [1.54, 1.807) is 14.2 Å². The van der Waals surface area contributed by atoms with Crippen LogP contribution in [0.5, 0.6) is 11.5 Å². The Labute approximate surface area is 126 Å². The Balaban J connectivity index is 1.97. The summed E-state index contributed by atoms with van der Waals surface area (Å²) in [6, 6.07) is 5.95. The highest BCUT2D eigenvalue weighted by Crippen LogP contribution is 2.22. The second-order valence-electron chi connectivity index (χ2n) is 5.42. The van der Waals surface area contributed by atoms with Crippen LogP contribution in [0.15, 0.2) is 18.2 Å². The molecule has 2 amide bonds. The number of likely N-dealkylation sites (tertiary alicyclic amines) is 1. The summed E-state index contributed by atoms with van der Waals surface area (Å²) < 4.78 is 10.5. The molecule has 1 unspecified atom stereocenters. The average Bonchev–Trinajstić information content (AvgIpc) is 2.52. The van der Waals surface area contributed by atoms with Crippen LogP contribution in [0, 0.1) is 0 Å². The Morgan fingerprint density at radius 3 is 2.48 bits per heavy atom. The molecule has 1 atom stereocenters. The van der Waals surface area contributed by atoms with E-state index in [0.29, 0.717) is 12.6 Å². The second-order valence-corrected chi connectivity index (χ2v) is 5.42. The highest BCUT2D eigenvalue weighted by molar-refractivity contribution is 5.74. The lowest BCUT2D eigenvalue weighted by molar-refractivity contribution is 0.158. The zero-order valence-corrected chi connectivity index (χ0v) is 13.0. The molecule has 0 bridgehead atoms. The number of carbonyl (C=O) groups is 1. The summed E-state index contributed by atoms with van der Waals surface area (Å²) in [5.74, 6) is 1.45. The van der Waals surface area contributed by atoms with Crippen molar-refractivity contribution in [2.75, 3.05) is 20.8 Å². The molecule has 1 aliphatic rings. The van der Waals surface area contributed by atoms with E-state index in [4.69, 9.17) is 9.47 Å². The van der Waals surface area contributed by atoms with Gasteiger partial charge in [-0.3, -0.25) is 0 Å². The molecule has 1 fully saturated rings. The number of benzene rings is 1. The zero-order chi connectivity index (χ0) is 15.2. The van der Waals surface area contributed by atoms with Gasteiger partial charge >= 0.3 is 6.03 Å². The van der Waals surface area contributed by atoms with E-state index >= 15 is 0 Å². The van der Waals surface area contributed by atoms with Crippen LogP contribution in [0.4, 0.5) is 4.79 Å². The number of carbonyl (C=O) groups excluding carboxylic acids is 1. The Morgan fingerprint density at radius 2 is 1.90 bits per heavy atom. The van der Waals surface area contributed by atoms with Crippen molar-refractivity contribution in [3.05, 3.63) is 23.8 Å². The number of nitrogens with one attached hydrogen (secondary N) is 1. The summed E-state index contributed by atoms with van der Waals surface area (Å²) in [5.41, 5.74) is 0.962. The van der Waals surface area contributed by atoms with Crippen LogP contribution in [0.3, 0.4) is 0 Å². The summed E-state index contributed by atoms with van der Waals surface area (Å²) in [6.45, 7) is 3.41. The maximum Gasteiger partial charge on any atom is 0.317 e. The molecule has 1 aliphatic heterocycles. The van der Waals surface area contributed by atoms with Crippen LogP contribution in [0.2, 0.25) is 0 Å². The predicted octanol–water partition coefficient (Wildman–Crippen LogP) is 2.79. The fraction of sp³-hybridized carbons (Fsp3) is 0.562. The van der Waals surface area contributed by atoms with Crippen molar-refractivity contribution in [2.24, 2.45) is 0 Å². The predicted molar refractivity (Wildman–Crippen MR) is 81.8 cm³/mol. The van der Waals surface area contributed by atoms with Crippen LogP contribution in [-0.4, -0.2) is 37.7 Å². The number of hydrogen-bond donors (Lipinski definition) is 1. The van der Waals surface area contributed by atoms with Crippen molar-refractivity contribution in [1.29, 1.82) is 0 Å². The SMILES string of the molecule is COc1cc(CNC(=O)N2CCCCC2C)cc(OC)c1. The maximum absolute atomic E-state index is 12.2. The third-order valence-corrected chi connectivity index (χ3v) is 3.92. The van der Waals surface area contributed by atoms with Gasteiger partial charge in [0.15, 0.2) is 0 Å². The van der Waals surface area contributed by atoms with Gasteiger partial charge in [0.25, 0.3) is 0 Å². The van der Waals surface area contributed by atoms with Gasteiger partial charge in [-0.1, -0.05) is 0 Å². The van der Waals surface area contributed by atoms with Crippen molar-refractivity contribution in [1.82, 2.24) is 10.2 Å². The minimum Gasteiger partial charge on any atom is -0.497 e.